The van der Waals surface area contributed by atoms with E-state index in [0.717, 1.165) is 35.5 Å². The lowest BCUT2D eigenvalue weighted by atomic mass is 9.83. The molecule has 0 unspecified atom stereocenters. The number of nitrogens with one attached hydrogen (secondary N) is 6. The van der Waals surface area contributed by atoms with E-state index < -0.39 is 150 Å². The number of imide groups is 1. The number of amides is 10. The lowest BCUT2D eigenvalue weighted by molar-refractivity contribution is -0.197. The van der Waals surface area contributed by atoms with Gasteiger partial charge < -0.3 is 62.1 Å². The number of carbonyl (C=O) groups excluding carboxylic acids is 11. The topological polar surface area (TPSA) is 381 Å². The van der Waals surface area contributed by atoms with E-state index in [1.165, 1.54) is 13.8 Å². The number of aliphatic carboxylic acids is 2. The summed E-state index contributed by atoms with van der Waals surface area (Å²) in [7, 11) is 0. The van der Waals surface area contributed by atoms with Gasteiger partial charge in [-0.05, 0) is 68.4 Å². The van der Waals surface area contributed by atoms with Gasteiger partial charge in [0.05, 0.1) is 18.2 Å². The third kappa shape index (κ3) is 23.0. The molecule has 2 aromatic carbocycles. The first kappa shape index (κ1) is 68.0. The van der Waals surface area contributed by atoms with Gasteiger partial charge in [0.15, 0.2) is 1.41 Å². The second-order valence-corrected chi connectivity index (χ2v) is 22.3. The molecule has 1 aromatic heterocycles. The minimum Gasteiger partial charge on any atom is -0.481 e. The van der Waals surface area contributed by atoms with Crippen molar-refractivity contribution in [3.05, 3.63) is 83.7 Å². The SMILES string of the molecule is [2H]N(C(=O)CCCC(=O)ON1C(=O)CCC1=O)[C@@H](C)C(=O)N[C@@H](C)C(=O)N[C@@H](CC(N)=O)C(=O)NCCCN(C(=O)CSCCC(=O)NCCC(=O)N[C@@H](CCC(=O)O)C(=O)O)[C@@H](c1cc(-c2cc(F)ccc2F)cn1Cc1ccccc1)C(C)(C)C. The Morgan fingerprint density at radius 3 is 2.08 bits per heavy atom. The fourth-order valence-corrected chi connectivity index (χ4v) is 9.65. The molecule has 10 amide bonds. The predicted molar refractivity (Wildman–Crippen MR) is 305 cm³/mol. The van der Waals surface area contributed by atoms with E-state index in [4.69, 9.17) is 17.1 Å². The van der Waals surface area contributed by atoms with Gasteiger partial charge in [0.2, 0.25) is 47.3 Å². The Kier molecular flexibility index (Phi) is 26.6. The monoisotopic (exact) mass is 1230 g/mol. The number of nitrogens with zero attached hydrogens (tertiary/aromatic N) is 3. The van der Waals surface area contributed by atoms with Crippen LogP contribution in [0.1, 0.15) is 123 Å². The molecule has 1 saturated heterocycles. The average Bonchev–Trinajstić information content (AvgIpc) is 1.84. The summed E-state index contributed by atoms with van der Waals surface area (Å²) in [4.78, 5) is 169. The fourth-order valence-electron chi connectivity index (χ4n) is 8.83. The second kappa shape index (κ2) is 33.7. The zero-order valence-corrected chi connectivity index (χ0v) is 49.1. The van der Waals surface area contributed by atoms with Crippen molar-refractivity contribution in [1.82, 2.24) is 46.4 Å². The van der Waals surface area contributed by atoms with Crippen molar-refractivity contribution in [2.24, 2.45) is 11.1 Å². The van der Waals surface area contributed by atoms with E-state index in [0.29, 0.717) is 21.6 Å². The maximum absolute atomic E-state index is 15.5. The largest absolute Gasteiger partial charge is 0.481 e. The molecule has 86 heavy (non-hydrogen) atoms. The molecule has 0 saturated carbocycles. The molecule has 2 heterocycles. The van der Waals surface area contributed by atoms with Crippen LogP contribution in [0.15, 0.2) is 60.8 Å². The molecule has 0 bridgehead atoms. The maximum atomic E-state index is 15.5. The Labute approximate surface area is 500 Å². The second-order valence-electron chi connectivity index (χ2n) is 21.2. The van der Waals surface area contributed by atoms with Gasteiger partial charge in [-0.1, -0.05) is 51.1 Å². The number of carboxylic acids is 2. The van der Waals surface area contributed by atoms with E-state index in [-0.39, 0.29) is 88.2 Å². The molecule has 0 aliphatic carbocycles. The Hall–Kier alpha value is -8.76. The number of hydrogen-bond donors (Lipinski definition) is 9. The summed E-state index contributed by atoms with van der Waals surface area (Å²) in [6, 6.07) is 7.25. The molecule has 3 aromatic rings. The van der Waals surface area contributed by atoms with Crippen LogP contribution in [0.5, 0.6) is 0 Å². The van der Waals surface area contributed by atoms with E-state index in [1.54, 1.807) is 17.2 Å². The number of halogens is 2. The molecule has 10 N–H and O–H groups in total. The van der Waals surface area contributed by atoms with E-state index in [1.807, 2.05) is 55.7 Å². The molecule has 26 nitrogen and oxygen atoms in total. The lowest BCUT2D eigenvalue weighted by Crippen LogP contribution is -2.56. The average molecular weight is 1230 g/mol. The van der Waals surface area contributed by atoms with Gasteiger partial charge in [-0.2, -0.15) is 11.8 Å². The summed E-state index contributed by atoms with van der Waals surface area (Å²) in [6.45, 7) is 7.90. The lowest BCUT2D eigenvalue weighted by Gasteiger charge is -2.41. The maximum Gasteiger partial charge on any atom is 0.333 e. The summed E-state index contributed by atoms with van der Waals surface area (Å²) in [5.74, 6) is -12.8. The molecule has 29 heteroatoms. The van der Waals surface area contributed by atoms with Crippen LogP contribution in [0.4, 0.5) is 8.78 Å². The first-order chi connectivity index (χ1) is 41.0. The third-order valence-electron chi connectivity index (χ3n) is 13.1. The first-order valence-electron chi connectivity index (χ1n) is 28.0. The van der Waals surface area contributed by atoms with Gasteiger partial charge in [-0.25, -0.2) is 18.4 Å². The molecular weight excluding hydrogens is 1150 g/mol. The summed E-state index contributed by atoms with van der Waals surface area (Å²) < 4.78 is 40.2. The number of benzene rings is 2. The number of hydrogen-bond acceptors (Lipinski definition) is 15. The van der Waals surface area contributed by atoms with Crippen LogP contribution in [0, 0.1) is 17.0 Å². The van der Waals surface area contributed by atoms with Crippen LogP contribution in [0.25, 0.3) is 11.1 Å². The highest BCUT2D eigenvalue weighted by Gasteiger charge is 2.38. The number of carboxylic acid groups (broad SMARTS) is 2. The van der Waals surface area contributed by atoms with Crippen molar-refractivity contribution in [3.8, 4) is 11.1 Å². The van der Waals surface area contributed by atoms with Gasteiger partial charge in [-0.15, -0.1) is 5.06 Å². The van der Waals surface area contributed by atoms with E-state index in [9.17, 15) is 71.8 Å². The van der Waals surface area contributed by atoms with Crippen LogP contribution in [-0.4, -0.2) is 157 Å². The number of rotatable bonds is 35. The van der Waals surface area contributed by atoms with Gasteiger partial charge in [0, 0.05) is 99.9 Å². The zero-order valence-electron chi connectivity index (χ0n) is 49.3. The molecule has 1 aliphatic rings. The number of thioether (sulfide) groups is 1. The molecule has 1 fully saturated rings. The first-order valence-corrected chi connectivity index (χ1v) is 28.7. The summed E-state index contributed by atoms with van der Waals surface area (Å²) in [6.07, 6.45) is -1.43. The third-order valence-corrected chi connectivity index (χ3v) is 14.0. The Bertz CT molecular complexity index is 3000. The molecule has 468 valence electrons. The van der Waals surface area contributed by atoms with Gasteiger partial charge in [0.25, 0.3) is 11.8 Å². The quantitative estimate of drug-likeness (QED) is 0.0301. The highest BCUT2D eigenvalue weighted by molar-refractivity contribution is 7.99. The molecule has 4 rings (SSSR count). The van der Waals surface area contributed by atoms with Crippen molar-refractivity contribution < 1.29 is 87.6 Å². The van der Waals surface area contributed by atoms with Gasteiger partial charge >= 0.3 is 17.9 Å². The van der Waals surface area contributed by atoms with Crippen LogP contribution in [0.2, 0.25) is 1.41 Å². The Morgan fingerprint density at radius 2 is 1.44 bits per heavy atom. The molecule has 0 radical (unpaired) electrons. The van der Waals surface area contributed by atoms with Gasteiger partial charge in [0.1, 0.15) is 35.8 Å². The van der Waals surface area contributed by atoms with E-state index in [2.05, 4.69) is 26.6 Å². The van der Waals surface area contributed by atoms with Crippen molar-refractivity contribution >= 4 is 88.7 Å². The summed E-state index contributed by atoms with van der Waals surface area (Å²) in [5.41, 5.74) is 6.31. The van der Waals surface area contributed by atoms with Crippen LogP contribution >= 0.6 is 11.8 Å². The minimum atomic E-state index is -1.58. The van der Waals surface area contributed by atoms with Crippen LogP contribution in [-0.2, 0) is 73.7 Å². The molecule has 0 spiro atoms. The van der Waals surface area contributed by atoms with Crippen LogP contribution < -0.4 is 37.6 Å². The smallest absolute Gasteiger partial charge is 0.333 e. The van der Waals surface area contributed by atoms with Crippen LogP contribution in [0.3, 0.4) is 0 Å². The van der Waals surface area contributed by atoms with E-state index >= 15 is 4.39 Å². The Balaban J connectivity index is 1.46. The summed E-state index contributed by atoms with van der Waals surface area (Å²) in [5, 5.41) is 31.0. The molecule has 5 atom stereocenters. The highest BCUT2D eigenvalue weighted by Crippen LogP contribution is 2.41. The number of carbonyl (C=O) groups is 13. The van der Waals surface area contributed by atoms with Crippen molar-refractivity contribution in [2.75, 3.05) is 31.1 Å². The van der Waals surface area contributed by atoms with Crippen molar-refractivity contribution in [3.63, 3.8) is 0 Å². The molecule has 1 aliphatic heterocycles. The van der Waals surface area contributed by atoms with Crippen molar-refractivity contribution in [2.45, 2.75) is 142 Å². The number of primary amides is 1. The highest BCUT2D eigenvalue weighted by atomic mass is 32.2. The number of aromatic nitrogens is 1. The molecular formula is C57H74F2N10O16S. The van der Waals surface area contributed by atoms with Gasteiger partial charge in [-0.3, -0.25) is 52.7 Å². The normalized spacial score (nSPS) is 14.1. The Morgan fingerprint density at radius 1 is 0.767 bits per heavy atom. The standard InChI is InChI=1S/C57H74F2N10O16S/c1-33(63-45(72)13-9-14-51(79)85-69-47(74)18-19-48(69)75)53(80)64-34(2)54(81)66-41(29-43(60)70)55(82)62-23-10-25-68(49(76)32-86-26-22-44(71)61-24-21-46(73)65-40(56(83)84)17-20-50(77)78)52(57(3,4)5)42-27-36(38-28-37(58)15-16-39(38)59)31-67(42)30-35-11-7-6-8-12-35/h6-8,11-12,15-16,27-28,31,33-34,40-41,52H,9-10,13-14,17-26,29-30,32H2,1-5H3,(H2,60,70)(H,61,71)(H,62,82)(H,63,72)(H,64,80)(H,65,73)(H,66,81)(H,77,78)(H,83,84)/t33-,34-,40-,41-,52-/m0/s1/i/hD. The fraction of sp³-hybridized carbons (Fsp3) is 0.491. The number of hydroxylamine groups is 2. The zero-order chi connectivity index (χ0) is 64.7. The minimum absolute atomic E-state index is 0.0350. The van der Waals surface area contributed by atoms with Crippen molar-refractivity contribution in [1.29, 1.82) is 0 Å². The number of nitrogens with two attached hydrogens (primary N) is 1. The predicted octanol–water partition coefficient (Wildman–Crippen LogP) is 2.11. The summed E-state index contributed by atoms with van der Waals surface area (Å²) >= 11 is 1.11.